The normalized spacial score (nSPS) is 45.7. The van der Waals surface area contributed by atoms with E-state index in [4.69, 9.17) is 4.74 Å². The van der Waals surface area contributed by atoms with Crippen LogP contribution in [0, 0.1) is 56.7 Å². The van der Waals surface area contributed by atoms with Crippen LogP contribution in [0.25, 0.3) is 0 Å². The molecule has 0 amide bonds. The topological polar surface area (TPSA) is 124 Å². The van der Waals surface area contributed by atoms with Gasteiger partial charge in [0, 0.05) is 0 Å². The summed E-state index contributed by atoms with van der Waals surface area (Å²) in [5.74, 6) is -0.691. The number of hydrogen-bond donors (Lipinski definition) is 4. The summed E-state index contributed by atoms with van der Waals surface area (Å²) in [7, 11) is 0. The first-order chi connectivity index (χ1) is 20.4. The number of aromatic hydroxyl groups is 2. The van der Waals surface area contributed by atoms with Gasteiger partial charge in [-0.3, -0.25) is 4.79 Å². The molecule has 0 aromatic heterocycles. The fourth-order valence-electron chi connectivity index (χ4n) is 12.6. The molecular formula is C37H52O7. The summed E-state index contributed by atoms with van der Waals surface area (Å²) in [5, 5.41) is 42.0. The van der Waals surface area contributed by atoms with Crippen molar-refractivity contribution in [1.29, 1.82) is 0 Å². The van der Waals surface area contributed by atoms with E-state index in [9.17, 15) is 30.0 Å². The van der Waals surface area contributed by atoms with Gasteiger partial charge in [-0.1, -0.05) is 46.8 Å². The monoisotopic (exact) mass is 608 g/mol. The summed E-state index contributed by atoms with van der Waals surface area (Å²) >= 11 is 0. The molecule has 4 unspecified atom stereocenters. The molecule has 44 heavy (non-hydrogen) atoms. The highest BCUT2D eigenvalue weighted by Gasteiger charge is 2.72. The Balaban J connectivity index is 1.35. The SMILES string of the molecule is C=C(C)C1CC[C@]2(C(=O)O)CC[C@]3(C)[C@H](CCC4[C@@]5(C)C[C@@H](OC(=O)c6ccc(O)c(O)c6)[C@H](O)C(C)(C)C5CC[C@]43C)C12. The molecule has 5 saturated carbocycles. The van der Waals surface area contributed by atoms with Gasteiger partial charge in [0.2, 0.25) is 0 Å². The molecule has 0 aliphatic heterocycles. The second kappa shape index (κ2) is 9.98. The Kier molecular flexibility index (Phi) is 7.13. The summed E-state index contributed by atoms with van der Waals surface area (Å²) in [5.41, 5.74) is -0.138. The first-order valence-corrected chi connectivity index (χ1v) is 16.7. The number of carbonyl (C=O) groups excluding carboxylic acids is 1. The lowest BCUT2D eigenvalue weighted by molar-refractivity contribution is -0.263. The minimum Gasteiger partial charge on any atom is -0.504 e. The molecule has 7 nitrogen and oxygen atoms in total. The van der Waals surface area contributed by atoms with Gasteiger partial charge >= 0.3 is 11.9 Å². The van der Waals surface area contributed by atoms with Crippen molar-refractivity contribution in [3.8, 4) is 11.5 Å². The van der Waals surface area contributed by atoms with Crippen molar-refractivity contribution in [2.24, 2.45) is 56.7 Å². The number of hydrogen-bond acceptors (Lipinski definition) is 6. The van der Waals surface area contributed by atoms with E-state index in [1.54, 1.807) is 0 Å². The maximum Gasteiger partial charge on any atom is 0.338 e. The maximum absolute atomic E-state index is 13.3. The summed E-state index contributed by atoms with van der Waals surface area (Å²) in [4.78, 5) is 26.2. The molecule has 1 aromatic carbocycles. The number of phenols is 2. The van der Waals surface area contributed by atoms with Gasteiger partial charge in [0.1, 0.15) is 6.10 Å². The Morgan fingerprint density at radius 1 is 0.886 bits per heavy atom. The molecule has 5 fully saturated rings. The molecule has 5 aliphatic carbocycles. The molecule has 6 rings (SSSR count). The van der Waals surface area contributed by atoms with Crippen molar-refractivity contribution in [3.63, 3.8) is 0 Å². The Labute approximate surface area is 262 Å². The zero-order valence-corrected chi connectivity index (χ0v) is 27.4. The second-order valence-electron chi connectivity index (χ2n) is 16.8. The molecule has 0 heterocycles. The van der Waals surface area contributed by atoms with Gasteiger partial charge in [0.25, 0.3) is 0 Å². The van der Waals surface area contributed by atoms with Crippen molar-refractivity contribution in [1.82, 2.24) is 0 Å². The van der Waals surface area contributed by atoms with Crippen molar-refractivity contribution in [2.75, 3.05) is 0 Å². The third-order valence-corrected chi connectivity index (χ3v) is 14.9. The molecule has 0 spiro atoms. The van der Waals surface area contributed by atoms with Crippen LogP contribution in [-0.2, 0) is 9.53 Å². The molecular weight excluding hydrogens is 556 g/mol. The van der Waals surface area contributed by atoms with E-state index >= 15 is 0 Å². The zero-order chi connectivity index (χ0) is 32.2. The van der Waals surface area contributed by atoms with Crippen molar-refractivity contribution in [3.05, 3.63) is 35.9 Å². The summed E-state index contributed by atoms with van der Waals surface area (Å²) in [6.07, 6.45) is 6.29. The van der Waals surface area contributed by atoms with E-state index in [1.807, 2.05) is 0 Å². The van der Waals surface area contributed by atoms with E-state index in [0.717, 1.165) is 56.9 Å². The Morgan fingerprint density at radius 3 is 2.23 bits per heavy atom. The van der Waals surface area contributed by atoms with Gasteiger partial charge in [-0.25, -0.2) is 4.79 Å². The van der Waals surface area contributed by atoms with E-state index in [0.29, 0.717) is 18.3 Å². The fourth-order valence-corrected chi connectivity index (χ4v) is 12.6. The first-order valence-electron chi connectivity index (χ1n) is 16.7. The van der Waals surface area contributed by atoms with Gasteiger partial charge in [-0.15, -0.1) is 0 Å². The van der Waals surface area contributed by atoms with Gasteiger partial charge in [-0.05, 0) is 134 Å². The molecule has 0 saturated heterocycles. The lowest BCUT2D eigenvalue weighted by Gasteiger charge is -2.73. The van der Waals surface area contributed by atoms with Gasteiger partial charge in [0.15, 0.2) is 11.5 Å². The Bertz CT molecular complexity index is 1380. The molecule has 0 radical (unpaired) electrons. The number of phenolic OH excluding ortho intramolecular Hbond substituents is 2. The molecule has 242 valence electrons. The predicted molar refractivity (Wildman–Crippen MR) is 167 cm³/mol. The fraction of sp³-hybridized carbons (Fsp3) is 0.730. The van der Waals surface area contributed by atoms with E-state index in [2.05, 4.69) is 48.1 Å². The average Bonchev–Trinajstić information content (AvgIpc) is 3.35. The second-order valence-corrected chi connectivity index (χ2v) is 16.8. The highest BCUT2D eigenvalue weighted by atomic mass is 16.6. The van der Waals surface area contributed by atoms with E-state index in [1.165, 1.54) is 18.2 Å². The number of benzene rings is 1. The number of carboxylic acids is 1. The summed E-state index contributed by atoms with van der Waals surface area (Å²) in [6, 6.07) is 3.88. The maximum atomic E-state index is 13.3. The van der Waals surface area contributed by atoms with Crippen LogP contribution in [0.1, 0.15) is 110 Å². The van der Waals surface area contributed by atoms with Crippen LogP contribution in [0.2, 0.25) is 0 Å². The lowest BCUT2D eigenvalue weighted by atomic mass is 9.32. The average molecular weight is 609 g/mol. The lowest BCUT2D eigenvalue weighted by Crippen LogP contribution is -2.69. The largest absolute Gasteiger partial charge is 0.504 e. The summed E-state index contributed by atoms with van der Waals surface area (Å²) in [6.45, 7) is 18.0. The first kappa shape index (κ1) is 31.4. The number of carbonyl (C=O) groups is 2. The molecule has 1 aromatic rings. The molecule has 7 heteroatoms. The number of esters is 1. The minimum atomic E-state index is -0.841. The standard InChI is InChI=1S/C37H52O7/c1-20(2)22-12-15-37(32(42)43)17-16-35(6)23(29(22)37)9-11-28-34(5)19-26(44-31(41)21-8-10-24(38)25(39)18-21)30(40)33(3,4)27(34)13-14-36(28,35)7/h8,10,18,22-23,26-30,38-40H,1,9,11-17,19H2,2-7H3,(H,42,43)/t22?,23-,26-,27?,28?,29?,30+,34+,35-,36-,37+/m1/s1. The number of aliphatic hydroxyl groups excluding tert-OH is 1. The van der Waals surface area contributed by atoms with Crippen molar-refractivity contribution >= 4 is 11.9 Å². The van der Waals surface area contributed by atoms with Gasteiger partial charge in [-0.2, -0.15) is 0 Å². The zero-order valence-electron chi connectivity index (χ0n) is 27.4. The molecule has 0 bridgehead atoms. The van der Waals surface area contributed by atoms with Crippen LogP contribution < -0.4 is 0 Å². The number of carboxylic acid groups (broad SMARTS) is 1. The van der Waals surface area contributed by atoms with Gasteiger partial charge in [0.05, 0.1) is 17.1 Å². The number of allylic oxidation sites excluding steroid dienone is 1. The summed E-state index contributed by atoms with van der Waals surface area (Å²) < 4.78 is 6.06. The highest BCUT2D eigenvalue weighted by Crippen LogP contribution is 2.77. The minimum absolute atomic E-state index is 0.0241. The Morgan fingerprint density at radius 2 is 1.59 bits per heavy atom. The smallest absolute Gasteiger partial charge is 0.338 e. The predicted octanol–water partition coefficient (Wildman–Crippen LogP) is 7.34. The van der Waals surface area contributed by atoms with Crippen LogP contribution in [0.5, 0.6) is 11.5 Å². The highest BCUT2D eigenvalue weighted by molar-refractivity contribution is 5.90. The third kappa shape index (κ3) is 4.02. The van der Waals surface area contributed by atoms with Crippen LogP contribution in [-0.4, -0.2) is 44.6 Å². The van der Waals surface area contributed by atoms with E-state index in [-0.39, 0.29) is 51.1 Å². The van der Waals surface area contributed by atoms with Crippen LogP contribution in [0.15, 0.2) is 30.4 Å². The molecule has 4 N–H and O–H groups in total. The number of fused-ring (bicyclic) bond motifs is 7. The Hall–Kier alpha value is -2.54. The van der Waals surface area contributed by atoms with Crippen LogP contribution in [0.3, 0.4) is 0 Å². The van der Waals surface area contributed by atoms with Crippen molar-refractivity contribution in [2.45, 2.75) is 112 Å². The number of rotatable bonds is 4. The van der Waals surface area contributed by atoms with Gasteiger partial charge < -0.3 is 25.2 Å². The quantitative estimate of drug-likeness (QED) is 0.160. The number of aliphatic carboxylic acids is 1. The number of ether oxygens (including phenoxy) is 1. The molecule has 5 aliphatic rings. The van der Waals surface area contributed by atoms with E-state index < -0.39 is 35.0 Å². The van der Waals surface area contributed by atoms with Crippen LogP contribution >= 0.6 is 0 Å². The number of aliphatic hydroxyl groups is 1. The third-order valence-electron chi connectivity index (χ3n) is 14.9. The van der Waals surface area contributed by atoms with Crippen LogP contribution in [0.4, 0.5) is 0 Å². The van der Waals surface area contributed by atoms with Crippen molar-refractivity contribution < 1.29 is 34.8 Å². The molecule has 11 atom stereocenters.